The number of hydrogen-bond acceptors (Lipinski definition) is 2. The van der Waals surface area contributed by atoms with Gasteiger partial charge in [-0.2, -0.15) is 0 Å². The van der Waals surface area contributed by atoms with Gasteiger partial charge in [0.05, 0.1) is 6.61 Å². The van der Waals surface area contributed by atoms with Crippen LogP contribution >= 0.6 is 15.9 Å². The summed E-state index contributed by atoms with van der Waals surface area (Å²) >= 11 is 3.44. The van der Waals surface area contributed by atoms with Crippen LogP contribution in [0.5, 0.6) is 5.75 Å². The molecule has 0 bridgehead atoms. The summed E-state index contributed by atoms with van der Waals surface area (Å²) in [5, 5.41) is 3.60. The van der Waals surface area contributed by atoms with Crippen LogP contribution in [0.4, 0.5) is 0 Å². The molecular weight excluding hydrogens is 314 g/mol. The Bertz CT molecular complexity index is 414. The summed E-state index contributed by atoms with van der Waals surface area (Å²) in [6.07, 6.45) is 3.89. The fourth-order valence-electron chi connectivity index (χ4n) is 2.59. The Balaban J connectivity index is 1.81. The molecule has 1 fully saturated rings. The molecule has 2 rings (SSSR count). The molecule has 0 saturated heterocycles. The zero-order valence-electron chi connectivity index (χ0n) is 12.8. The van der Waals surface area contributed by atoms with Gasteiger partial charge in [-0.25, -0.2) is 0 Å². The third-order valence-corrected chi connectivity index (χ3v) is 4.76. The molecule has 0 radical (unpaired) electrons. The summed E-state index contributed by atoms with van der Waals surface area (Å²) in [5.41, 5.74) is 0.375. The number of rotatable bonds is 8. The highest BCUT2D eigenvalue weighted by atomic mass is 79.9. The second-order valence-electron chi connectivity index (χ2n) is 6.52. The zero-order chi connectivity index (χ0) is 14.6. The standard InChI is InChI=1S/C17H26BrNO/c1-13(2)19-12-17(3,14-4-5-14)10-11-20-16-8-6-15(18)7-9-16/h6-9,13-14,19H,4-5,10-12H2,1-3H3. The summed E-state index contributed by atoms with van der Waals surface area (Å²) in [5.74, 6) is 1.84. The minimum absolute atomic E-state index is 0.375. The van der Waals surface area contributed by atoms with Crippen molar-refractivity contribution < 1.29 is 4.74 Å². The first kappa shape index (κ1) is 15.8. The van der Waals surface area contributed by atoms with Crippen LogP contribution in [0.1, 0.15) is 40.0 Å². The van der Waals surface area contributed by atoms with Crippen LogP contribution in [0.3, 0.4) is 0 Å². The van der Waals surface area contributed by atoms with E-state index in [1.54, 1.807) is 0 Å². The third-order valence-electron chi connectivity index (χ3n) is 4.23. The quantitative estimate of drug-likeness (QED) is 0.745. The molecule has 1 aromatic rings. The van der Waals surface area contributed by atoms with Crippen molar-refractivity contribution in [1.29, 1.82) is 0 Å². The summed E-state index contributed by atoms with van der Waals surface area (Å²) in [6.45, 7) is 8.73. The van der Waals surface area contributed by atoms with Crippen molar-refractivity contribution in [1.82, 2.24) is 5.32 Å². The van der Waals surface area contributed by atoms with E-state index < -0.39 is 0 Å². The summed E-state index contributed by atoms with van der Waals surface area (Å²) in [7, 11) is 0. The molecule has 1 unspecified atom stereocenters. The van der Waals surface area contributed by atoms with E-state index in [1.807, 2.05) is 24.3 Å². The van der Waals surface area contributed by atoms with Crippen molar-refractivity contribution in [3.05, 3.63) is 28.7 Å². The predicted octanol–water partition coefficient (Wildman–Crippen LogP) is 4.63. The predicted molar refractivity (Wildman–Crippen MR) is 88.2 cm³/mol. The van der Waals surface area contributed by atoms with Crippen LogP contribution in [0.15, 0.2) is 28.7 Å². The van der Waals surface area contributed by atoms with E-state index in [-0.39, 0.29) is 0 Å². The summed E-state index contributed by atoms with van der Waals surface area (Å²) in [6, 6.07) is 8.64. The van der Waals surface area contributed by atoms with Gasteiger partial charge in [0.1, 0.15) is 5.75 Å². The lowest BCUT2D eigenvalue weighted by Gasteiger charge is -2.31. The molecule has 20 heavy (non-hydrogen) atoms. The minimum Gasteiger partial charge on any atom is -0.494 e. The van der Waals surface area contributed by atoms with Crippen molar-refractivity contribution in [2.45, 2.75) is 46.1 Å². The van der Waals surface area contributed by atoms with Gasteiger partial charge in [-0.15, -0.1) is 0 Å². The van der Waals surface area contributed by atoms with Gasteiger partial charge in [0.2, 0.25) is 0 Å². The molecule has 0 spiro atoms. The van der Waals surface area contributed by atoms with Gasteiger partial charge in [0.25, 0.3) is 0 Å². The molecule has 0 aliphatic heterocycles. The number of ether oxygens (including phenoxy) is 1. The first-order valence-corrected chi connectivity index (χ1v) is 8.41. The molecule has 0 aromatic heterocycles. The average molecular weight is 340 g/mol. The van der Waals surface area contributed by atoms with E-state index in [1.165, 1.54) is 12.8 Å². The maximum atomic E-state index is 5.89. The Hall–Kier alpha value is -0.540. The molecule has 0 heterocycles. The summed E-state index contributed by atoms with van der Waals surface area (Å²) in [4.78, 5) is 0. The van der Waals surface area contributed by atoms with Gasteiger partial charge in [-0.1, -0.05) is 36.7 Å². The Morgan fingerprint density at radius 2 is 1.95 bits per heavy atom. The van der Waals surface area contributed by atoms with Crippen LogP contribution in [-0.2, 0) is 0 Å². The van der Waals surface area contributed by atoms with Crippen molar-refractivity contribution in [2.75, 3.05) is 13.2 Å². The van der Waals surface area contributed by atoms with Gasteiger partial charge < -0.3 is 10.1 Å². The van der Waals surface area contributed by atoms with Crippen LogP contribution < -0.4 is 10.1 Å². The Kier molecular flexibility index (Phi) is 5.50. The average Bonchev–Trinajstić information content (AvgIpc) is 3.23. The smallest absolute Gasteiger partial charge is 0.119 e. The number of nitrogens with one attached hydrogen (secondary N) is 1. The van der Waals surface area contributed by atoms with Gasteiger partial charge in [0.15, 0.2) is 0 Å². The Morgan fingerprint density at radius 3 is 2.50 bits per heavy atom. The van der Waals surface area contributed by atoms with Gasteiger partial charge in [0, 0.05) is 17.1 Å². The van der Waals surface area contributed by atoms with Crippen LogP contribution in [-0.4, -0.2) is 19.2 Å². The van der Waals surface area contributed by atoms with Crippen LogP contribution in [0, 0.1) is 11.3 Å². The molecule has 2 nitrogen and oxygen atoms in total. The fourth-order valence-corrected chi connectivity index (χ4v) is 2.85. The first-order valence-electron chi connectivity index (χ1n) is 7.61. The SMILES string of the molecule is CC(C)NCC(C)(CCOc1ccc(Br)cc1)C1CC1. The van der Waals surface area contributed by atoms with Crippen molar-refractivity contribution in [3.63, 3.8) is 0 Å². The van der Waals surface area contributed by atoms with Gasteiger partial charge in [-0.05, 0) is 54.9 Å². The lowest BCUT2D eigenvalue weighted by Crippen LogP contribution is -2.38. The molecule has 1 aliphatic rings. The zero-order valence-corrected chi connectivity index (χ0v) is 14.4. The number of benzene rings is 1. The van der Waals surface area contributed by atoms with E-state index >= 15 is 0 Å². The topological polar surface area (TPSA) is 21.3 Å². The molecule has 1 atom stereocenters. The maximum Gasteiger partial charge on any atom is 0.119 e. The second kappa shape index (κ2) is 6.95. The van der Waals surface area contributed by atoms with E-state index in [4.69, 9.17) is 4.74 Å². The highest BCUT2D eigenvalue weighted by molar-refractivity contribution is 9.10. The van der Waals surface area contributed by atoms with Crippen molar-refractivity contribution in [3.8, 4) is 5.75 Å². The van der Waals surface area contributed by atoms with E-state index in [0.717, 1.165) is 35.7 Å². The fraction of sp³-hybridized carbons (Fsp3) is 0.647. The van der Waals surface area contributed by atoms with Crippen LogP contribution in [0.2, 0.25) is 0 Å². The second-order valence-corrected chi connectivity index (χ2v) is 7.43. The van der Waals surface area contributed by atoms with E-state index in [0.29, 0.717) is 11.5 Å². The normalized spacial score (nSPS) is 18.1. The molecule has 0 amide bonds. The lowest BCUT2D eigenvalue weighted by molar-refractivity contribution is 0.177. The maximum absolute atomic E-state index is 5.89. The van der Waals surface area contributed by atoms with Gasteiger partial charge in [-0.3, -0.25) is 0 Å². The third kappa shape index (κ3) is 4.78. The molecule has 112 valence electrons. The largest absolute Gasteiger partial charge is 0.494 e. The van der Waals surface area contributed by atoms with E-state index in [9.17, 15) is 0 Å². The Labute approximate surface area is 131 Å². The highest BCUT2D eigenvalue weighted by Crippen LogP contribution is 2.47. The van der Waals surface area contributed by atoms with Crippen LogP contribution in [0.25, 0.3) is 0 Å². The molecular formula is C17H26BrNO. The molecule has 1 aromatic carbocycles. The van der Waals surface area contributed by atoms with Crippen molar-refractivity contribution in [2.24, 2.45) is 11.3 Å². The summed E-state index contributed by atoms with van der Waals surface area (Å²) < 4.78 is 6.98. The number of hydrogen-bond donors (Lipinski definition) is 1. The molecule has 1 aliphatic carbocycles. The monoisotopic (exact) mass is 339 g/mol. The minimum atomic E-state index is 0.375. The highest BCUT2D eigenvalue weighted by Gasteiger charge is 2.40. The van der Waals surface area contributed by atoms with Crippen molar-refractivity contribution >= 4 is 15.9 Å². The number of halogens is 1. The molecule has 1 saturated carbocycles. The Morgan fingerprint density at radius 1 is 1.30 bits per heavy atom. The first-order chi connectivity index (χ1) is 9.49. The van der Waals surface area contributed by atoms with E-state index in [2.05, 4.69) is 42.0 Å². The molecule has 3 heteroatoms. The lowest BCUT2D eigenvalue weighted by atomic mass is 9.81. The van der Waals surface area contributed by atoms with Gasteiger partial charge >= 0.3 is 0 Å². The molecule has 1 N–H and O–H groups in total.